The minimum atomic E-state index is -0.312. The minimum Gasteiger partial charge on any atom is -0.476 e. The SMILES string of the molecule is CCCCCCCOc1nn2c(=O)cnnc2c2ccccc12. The fraction of sp³-hybridized carbons (Fsp3) is 0.412. The summed E-state index contributed by atoms with van der Waals surface area (Å²) in [5.41, 5.74) is 0.136. The summed E-state index contributed by atoms with van der Waals surface area (Å²) in [7, 11) is 0. The summed E-state index contributed by atoms with van der Waals surface area (Å²) >= 11 is 0. The smallest absolute Gasteiger partial charge is 0.293 e. The maximum absolute atomic E-state index is 12.0. The summed E-state index contributed by atoms with van der Waals surface area (Å²) in [6.07, 6.45) is 6.99. The molecule has 0 unspecified atom stereocenters. The lowest BCUT2D eigenvalue weighted by Crippen LogP contribution is -2.18. The average molecular weight is 312 g/mol. The highest BCUT2D eigenvalue weighted by molar-refractivity contribution is 5.96. The van der Waals surface area contributed by atoms with Crippen molar-refractivity contribution >= 4 is 16.4 Å². The standard InChI is InChI=1S/C17H20N4O2/c1-2-3-4-5-8-11-23-17-14-10-7-6-9-13(14)16-19-18-12-15(22)21(16)20-17/h6-7,9-10,12H,2-5,8,11H2,1H3. The van der Waals surface area contributed by atoms with E-state index in [4.69, 9.17) is 4.74 Å². The average Bonchev–Trinajstić information content (AvgIpc) is 2.58. The van der Waals surface area contributed by atoms with Crippen molar-refractivity contribution in [3.05, 3.63) is 40.8 Å². The number of unbranched alkanes of at least 4 members (excludes halogenated alkanes) is 4. The molecular weight excluding hydrogens is 292 g/mol. The molecule has 0 aliphatic heterocycles. The maximum atomic E-state index is 12.0. The number of hydrogen-bond acceptors (Lipinski definition) is 5. The Balaban J connectivity index is 1.89. The highest BCUT2D eigenvalue weighted by Gasteiger charge is 2.11. The molecular formula is C17H20N4O2. The van der Waals surface area contributed by atoms with E-state index in [0.29, 0.717) is 18.1 Å². The zero-order valence-corrected chi connectivity index (χ0v) is 13.2. The molecule has 23 heavy (non-hydrogen) atoms. The molecule has 3 aromatic rings. The van der Waals surface area contributed by atoms with Crippen LogP contribution < -0.4 is 10.3 Å². The summed E-state index contributed by atoms with van der Waals surface area (Å²) < 4.78 is 7.10. The number of benzene rings is 1. The molecule has 0 aliphatic rings. The van der Waals surface area contributed by atoms with Gasteiger partial charge in [-0.25, -0.2) is 0 Å². The zero-order valence-electron chi connectivity index (χ0n) is 13.2. The van der Waals surface area contributed by atoms with E-state index in [1.165, 1.54) is 23.8 Å². The van der Waals surface area contributed by atoms with Gasteiger partial charge in [-0.2, -0.15) is 9.61 Å². The second-order valence-corrected chi connectivity index (χ2v) is 5.53. The van der Waals surface area contributed by atoms with Crippen molar-refractivity contribution < 1.29 is 4.74 Å². The Morgan fingerprint density at radius 1 is 1.09 bits per heavy atom. The van der Waals surface area contributed by atoms with E-state index >= 15 is 0 Å². The predicted octanol–water partition coefficient (Wildman–Crippen LogP) is 2.99. The van der Waals surface area contributed by atoms with Crippen LogP contribution in [0.1, 0.15) is 39.0 Å². The Labute approximate surface area is 134 Å². The summed E-state index contributed by atoms with van der Waals surface area (Å²) in [6, 6.07) is 7.64. The molecule has 0 spiro atoms. The van der Waals surface area contributed by atoms with E-state index in [2.05, 4.69) is 22.2 Å². The molecule has 2 aromatic heterocycles. The monoisotopic (exact) mass is 312 g/mol. The first kappa shape index (κ1) is 15.4. The molecule has 0 radical (unpaired) electrons. The van der Waals surface area contributed by atoms with Crippen molar-refractivity contribution in [2.75, 3.05) is 6.61 Å². The van der Waals surface area contributed by atoms with Gasteiger partial charge in [-0.3, -0.25) is 4.79 Å². The van der Waals surface area contributed by atoms with Crippen LogP contribution in [0.25, 0.3) is 16.4 Å². The first-order chi connectivity index (χ1) is 11.3. The van der Waals surface area contributed by atoms with Gasteiger partial charge in [-0.05, 0) is 12.5 Å². The van der Waals surface area contributed by atoms with Gasteiger partial charge >= 0.3 is 0 Å². The fourth-order valence-corrected chi connectivity index (χ4v) is 2.59. The molecule has 0 saturated heterocycles. The Kier molecular flexibility index (Phi) is 4.80. The Hall–Kier alpha value is -2.50. The van der Waals surface area contributed by atoms with Crippen molar-refractivity contribution in [3.8, 4) is 5.88 Å². The van der Waals surface area contributed by atoms with Gasteiger partial charge in [0.05, 0.1) is 6.61 Å². The van der Waals surface area contributed by atoms with E-state index in [1.807, 2.05) is 24.3 Å². The molecule has 3 rings (SSSR count). The van der Waals surface area contributed by atoms with E-state index in [-0.39, 0.29) is 5.56 Å². The third kappa shape index (κ3) is 3.31. The Morgan fingerprint density at radius 2 is 1.87 bits per heavy atom. The van der Waals surface area contributed by atoms with E-state index in [9.17, 15) is 4.79 Å². The van der Waals surface area contributed by atoms with Crippen molar-refractivity contribution in [2.45, 2.75) is 39.0 Å². The van der Waals surface area contributed by atoms with Crippen molar-refractivity contribution in [2.24, 2.45) is 0 Å². The third-order valence-electron chi connectivity index (χ3n) is 3.81. The van der Waals surface area contributed by atoms with Gasteiger partial charge in [0, 0.05) is 10.8 Å². The number of aromatic nitrogens is 4. The van der Waals surface area contributed by atoms with Crippen LogP contribution in [-0.4, -0.2) is 26.4 Å². The zero-order chi connectivity index (χ0) is 16.1. The number of rotatable bonds is 7. The largest absolute Gasteiger partial charge is 0.476 e. The minimum absolute atomic E-state index is 0.312. The normalized spacial score (nSPS) is 11.2. The summed E-state index contributed by atoms with van der Waals surface area (Å²) in [5, 5.41) is 13.7. The molecule has 0 amide bonds. The van der Waals surface area contributed by atoms with Crippen molar-refractivity contribution in [1.29, 1.82) is 0 Å². The van der Waals surface area contributed by atoms with Gasteiger partial charge in [-0.15, -0.1) is 10.2 Å². The number of nitrogens with zero attached hydrogens (tertiary/aromatic N) is 4. The Bertz CT molecular complexity index is 860. The second kappa shape index (κ2) is 7.17. The quantitative estimate of drug-likeness (QED) is 0.495. The van der Waals surface area contributed by atoms with E-state index in [0.717, 1.165) is 29.8 Å². The maximum Gasteiger partial charge on any atom is 0.293 e. The molecule has 120 valence electrons. The molecule has 0 N–H and O–H groups in total. The molecule has 0 aliphatic carbocycles. The molecule has 0 fully saturated rings. The molecule has 6 heteroatoms. The molecule has 0 atom stereocenters. The van der Waals surface area contributed by atoms with Gasteiger partial charge in [0.15, 0.2) is 5.65 Å². The molecule has 0 saturated carbocycles. The van der Waals surface area contributed by atoms with Crippen molar-refractivity contribution in [1.82, 2.24) is 19.8 Å². The molecule has 1 aromatic carbocycles. The van der Waals surface area contributed by atoms with Crippen LogP contribution in [0.2, 0.25) is 0 Å². The van der Waals surface area contributed by atoms with Crippen LogP contribution in [0.15, 0.2) is 35.3 Å². The van der Waals surface area contributed by atoms with E-state index < -0.39 is 0 Å². The van der Waals surface area contributed by atoms with Crippen LogP contribution in [-0.2, 0) is 0 Å². The van der Waals surface area contributed by atoms with Crippen molar-refractivity contribution in [3.63, 3.8) is 0 Å². The van der Waals surface area contributed by atoms with Gasteiger partial charge < -0.3 is 4.74 Å². The third-order valence-corrected chi connectivity index (χ3v) is 3.81. The molecule has 6 nitrogen and oxygen atoms in total. The first-order valence-corrected chi connectivity index (χ1v) is 8.07. The first-order valence-electron chi connectivity index (χ1n) is 8.07. The fourth-order valence-electron chi connectivity index (χ4n) is 2.59. The van der Waals surface area contributed by atoms with Crippen LogP contribution in [0.3, 0.4) is 0 Å². The second-order valence-electron chi connectivity index (χ2n) is 5.53. The lowest BCUT2D eigenvalue weighted by molar-refractivity contribution is 0.292. The topological polar surface area (TPSA) is 69.4 Å². The highest BCUT2D eigenvalue weighted by Crippen LogP contribution is 2.25. The number of ether oxygens (including phenoxy) is 1. The molecule has 0 bridgehead atoms. The van der Waals surface area contributed by atoms with Gasteiger partial charge in [0.25, 0.3) is 5.56 Å². The van der Waals surface area contributed by atoms with Gasteiger partial charge in [-0.1, -0.05) is 50.8 Å². The van der Waals surface area contributed by atoms with Crippen LogP contribution in [0.4, 0.5) is 0 Å². The number of hydrogen-bond donors (Lipinski definition) is 0. The highest BCUT2D eigenvalue weighted by atomic mass is 16.5. The van der Waals surface area contributed by atoms with Crippen LogP contribution in [0, 0.1) is 0 Å². The lowest BCUT2D eigenvalue weighted by Gasteiger charge is -2.10. The van der Waals surface area contributed by atoms with Gasteiger partial charge in [0.1, 0.15) is 6.20 Å². The lowest BCUT2D eigenvalue weighted by atomic mass is 10.1. The van der Waals surface area contributed by atoms with Crippen LogP contribution >= 0.6 is 0 Å². The molecule has 2 heterocycles. The van der Waals surface area contributed by atoms with Crippen LogP contribution in [0.5, 0.6) is 5.88 Å². The Morgan fingerprint density at radius 3 is 2.70 bits per heavy atom. The summed E-state index contributed by atoms with van der Waals surface area (Å²) in [6.45, 7) is 2.79. The predicted molar refractivity (Wildman–Crippen MR) is 88.8 cm³/mol. The summed E-state index contributed by atoms with van der Waals surface area (Å²) in [4.78, 5) is 12.0. The summed E-state index contributed by atoms with van der Waals surface area (Å²) in [5.74, 6) is 0.471. The number of fused-ring (bicyclic) bond motifs is 3. The van der Waals surface area contributed by atoms with Gasteiger partial charge in [0.2, 0.25) is 5.88 Å². The van der Waals surface area contributed by atoms with E-state index in [1.54, 1.807) is 0 Å².